The molecule has 0 aromatic heterocycles. The molecule has 0 saturated heterocycles. The van der Waals surface area contributed by atoms with E-state index < -0.39 is 0 Å². The Hall–Kier alpha value is -1.09. The maximum Gasteiger partial charge on any atom is 0.104 e. The SMILES string of the molecule is Cc1cc(NC(C)C2CC2)ccc1C(N)=S. The summed E-state index contributed by atoms with van der Waals surface area (Å²) < 4.78 is 0. The van der Waals surface area contributed by atoms with Crippen LogP contribution < -0.4 is 11.1 Å². The molecular formula is C13H18N2S. The number of hydrogen-bond donors (Lipinski definition) is 2. The lowest BCUT2D eigenvalue weighted by Crippen LogP contribution is -2.18. The van der Waals surface area contributed by atoms with Gasteiger partial charge in [0.25, 0.3) is 0 Å². The highest BCUT2D eigenvalue weighted by Crippen LogP contribution is 2.34. The quantitative estimate of drug-likeness (QED) is 0.787. The molecule has 3 heteroatoms. The first kappa shape index (κ1) is 11.4. The van der Waals surface area contributed by atoms with Crippen LogP contribution in [0.5, 0.6) is 0 Å². The summed E-state index contributed by atoms with van der Waals surface area (Å²) in [6.45, 7) is 4.29. The van der Waals surface area contributed by atoms with Gasteiger partial charge in [0.2, 0.25) is 0 Å². The first-order valence-electron chi connectivity index (χ1n) is 5.75. The molecule has 86 valence electrons. The van der Waals surface area contributed by atoms with Gasteiger partial charge in [0.15, 0.2) is 0 Å². The highest BCUT2D eigenvalue weighted by atomic mass is 32.1. The van der Waals surface area contributed by atoms with Crippen LogP contribution in [0, 0.1) is 12.8 Å². The Balaban J connectivity index is 2.10. The van der Waals surface area contributed by atoms with Crippen LogP contribution >= 0.6 is 12.2 Å². The minimum absolute atomic E-state index is 0.472. The Morgan fingerprint density at radius 3 is 2.69 bits per heavy atom. The van der Waals surface area contributed by atoms with Gasteiger partial charge in [-0.25, -0.2) is 0 Å². The molecule has 2 nitrogen and oxygen atoms in total. The van der Waals surface area contributed by atoms with Gasteiger partial charge in [-0.2, -0.15) is 0 Å². The number of nitrogens with two attached hydrogens (primary N) is 1. The molecule has 0 aliphatic heterocycles. The second kappa shape index (κ2) is 4.42. The van der Waals surface area contributed by atoms with Crippen LogP contribution in [0.3, 0.4) is 0 Å². The highest BCUT2D eigenvalue weighted by molar-refractivity contribution is 7.80. The first-order chi connectivity index (χ1) is 7.58. The number of hydrogen-bond acceptors (Lipinski definition) is 2. The second-order valence-electron chi connectivity index (χ2n) is 4.66. The summed E-state index contributed by atoms with van der Waals surface area (Å²) in [4.78, 5) is 0.472. The summed E-state index contributed by atoms with van der Waals surface area (Å²) in [6.07, 6.45) is 2.72. The molecule has 0 spiro atoms. The second-order valence-corrected chi connectivity index (χ2v) is 5.10. The third-order valence-corrected chi connectivity index (χ3v) is 3.44. The summed E-state index contributed by atoms with van der Waals surface area (Å²) in [7, 11) is 0. The maximum atomic E-state index is 5.64. The molecule has 0 bridgehead atoms. The summed E-state index contributed by atoms with van der Waals surface area (Å²) in [5.41, 5.74) is 8.91. The molecule has 1 unspecified atom stereocenters. The Kier molecular flexibility index (Phi) is 3.15. The van der Waals surface area contributed by atoms with Gasteiger partial charge in [-0.3, -0.25) is 0 Å². The van der Waals surface area contributed by atoms with E-state index in [9.17, 15) is 0 Å². The molecule has 1 aromatic rings. The van der Waals surface area contributed by atoms with Gasteiger partial charge in [0.1, 0.15) is 4.99 Å². The van der Waals surface area contributed by atoms with Crippen molar-refractivity contribution in [3.8, 4) is 0 Å². The Bertz CT molecular complexity index is 410. The van der Waals surface area contributed by atoms with Gasteiger partial charge < -0.3 is 11.1 Å². The topological polar surface area (TPSA) is 38.0 Å². The molecule has 1 aliphatic carbocycles. The lowest BCUT2D eigenvalue weighted by Gasteiger charge is -2.15. The number of rotatable bonds is 4. The number of aryl methyl sites for hydroxylation is 1. The first-order valence-corrected chi connectivity index (χ1v) is 6.15. The van der Waals surface area contributed by atoms with Gasteiger partial charge in [-0.05, 0) is 56.4 Å². The standard InChI is InChI=1S/C13H18N2S/c1-8-7-11(5-6-12(8)13(14)16)15-9(2)10-3-4-10/h5-7,9-10,15H,3-4H2,1-2H3,(H2,14,16). The maximum absolute atomic E-state index is 5.64. The van der Waals surface area contributed by atoms with Gasteiger partial charge in [0, 0.05) is 17.3 Å². The lowest BCUT2D eigenvalue weighted by molar-refractivity contribution is 0.694. The minimum Gasteiger partial charge on any atom is -0.389 e. The molecule has 2 rings (SSSR count). The summed E-state index contributed by atoms with van der Waals surface area (Å²) in [5.74, 6) is 0.857. The van der Waals surface area contributed by atoms with E-state index in [-0.39, 0.29) is 0 Å². The summed E-state index contributed by atoms with van der Waals surface area (Å²) >= 11 is 4.99. The lowest BCUT2D eigenvalue weighted by atomic mass is 10.1. The molecular weight excluding hydrogens is 216 g/mol. The van der Waals surface area contributed by atoms with Crippen LogP contribution in [0.4, 0.5) is 5.69 Å². The van der Waals surface area contributed by atoms with Crippen molar-refractivity contribution >= 4 is 22.9 Å². The number of nitrogens with one attached hydrogen (secondary N) is 1. The van der Waals surface area contributed by atoms with E-state index in [1.165, 1.54) is 12.8 Å². The Morgan fingerprint density at radius 1 is 1.50 bits per heavy atom. The summed E-state index contributed by atoms with van der Waals surface area (Å²) in [5, 5.41) is 3.53. The smallest absolute Gasteiger partial charge is 0.104 e. The van der Waals surface area contributed by atoms with Crippen molar-refractivity contribution in [3.05, 3.63) is 29.3 Å². The predicted molar refractivity (Wildman–Crippen MR) is 72.9 cm³/mol. The van der Waals surface area contributed by atoms with E-state index in [0.29, 0.717) is 11.0 Å². The van der Waals surface area contributed by atoms with Crippen LogP contribution in [-0.4, -0.2) is 11.0 Å². The van der Waals surface area contributed by atoms with Crippen molar-refractivity contribution in [3.63, 3.8) is 0 Å². The molecule has 1 aliphatic rings. The van der Waals surface area contributed by atoms with Crippen molar-refractivity contribution in [2.45, 2.75) is 32.7 Å². The normalized spacial score (nSPS) is 16.9. The van der Waals surface area contributed by atoms with E-state index in [1.54, 1.807) is 0 Å². The van der Waals surface area contributed by atoms with Crippen molar-refractivity contribution in [1.82, 2.24) is 0 Å². The molecule has 0 heterocycles. The van der Waals surface area contributed by atoms with E-state index in [0.717, 1.165) is 22.7 Å². The average molecular weight is 234 g/mol. The van der Waals surface area contributed by atoms with Crippen LogP contribution in [0.25, 0.3) is 0 Å². The summed E-state index contributed by atoms with van der Waals surface area (Å²) in [6, 6.07) is 6.74. The van der Waals surface area contributed by atoms with Gasteiger partial charge >= 0.3 is 0 Å². The Labute approximate surface area is 102 Å². The third kappa shape index (κ3) is 2.53. The molecule has 1 saturated carbocycles. The fourth-order valence-corrected chi connectivity index (χ4v) is 2.24. The highest BCUT2D eigenvalue weighted by Gasteiger charge is 2.27. The molecule has 1 aromatic carbocycles. The fourth-order valence-electron chi connectivity index (χ4n) is 2.01. The van der Waals surface area contributed by atoms with Crippen molar-refractivity contribution in [2.24, 2.45) is 11.7 Å². The molecule has 0 amide bonds. The largest absolute Gasteiger partial charge is 0.389 e. The van der Waals surface area contributed by atoms with E-state index in [2.05, 4.69) is 24.4 Å². The van der Waals surface area contributed by atoms with Crippen molar-refractivity contribution in [1.29, 1.82) is 0 Å². The average Bonchev–Trinajstić information content (AvgIpc) is 2.99. The van der Waals surface area contributed by atoms with Crippen molar-refractivity contribution in [2.75, 3.05) is 5.32 Å². The van der Waals surface area contributed by atoms with E-state index in [4.69, 9.17) is 18.0 Å². The van der Waals surface area contributed by atoms with Crippen LogP contribution in [0.1, 0.15) is 30.9 Å². The Morgan fingerprint density at radius 2 is 2.19 bits per heavy atom. The zero-order valence-corrected chi connectivity index (χ0v) is 10.6. The number of thiocarbonyl (C=S) groups is 1. The van der Waals surface area contributed by atoms with E-state index in [1.807, 2.05) is 13.0 Å². The van der Waals surface area contributed by atoms with Gasteiger partial charge in [-0.15, -0.1) is 0 Å². The fraction of sp³-hybridized carbons (Fsp3) is 0.462. The van der Waals surface area contributed by atoms with Crippen molar-refractivity contribution < 1.29 is 0 Å². The van der Waals surface area contributed by atoms with Crippen LogP contribution in [-0.2, 0) is 0 Å². The number of benzene rings is 1. The molecule has 1 fully saturated rings. The third-order valence-electron chi connectivity index (χ3n) is 3.22. The van der Waals surface area contributed by atoms with Gasteiger partial charge in [-0.1, -0.05) is 12.2 Å². The monoisotopic (exact) mass is 234 g/mol. The van der Waals surface area contributed by atoms with E-state index >= 15 is 0 Å². The zero-order valence-electron chi connectivity index (χ0n) is 9.79. The van der Waals surface area contributed by atoms with Crippen LogP contribution in [0.15, 0.2) is 18.2 Å². The zero-order chi connectivity index (χ0) is 11.7. The van der Waals surface area contributed by atoms with Crippen LogP contribution in [0.2, 0.25) is 0 Å². The van der Waals surface area contributed by atoms with Gasteiger partial charge in [0.05, 0.1) is 0 Å². The minimum atomic E-state index is 0.472. The predicted octanol–water partition coefficient (Wildman–Crippen LogP) is 2.84. The number of anilines is 1. The molecule has 3 N–H and O–H groups in total. The molecule has 16 heavy (non-hydrogen) atoms. The molecule has 1 atom stereocenters. The molecule has 0 radical (unpaired) electrons.